The molecule has 0 fully saturated rings. The molecular formula is C13H20N2O3. The normalized spacial score (nSPS) is 10.2. The molecular weight excluding hydrogens is 232 g/mol. The van der Waals surface area contributed by atoms with E-state index in [2.05, 4.69) is 5.32 Å². The number of anilines is 1. The van der Waals surface area contributed by atoms with E-state index in [0.29, 0.717) is 30.2 Å². The first-order valence-corrected chi connectivity index (χ1v) is 5.88. The standard InChI is InChI=1S/C13H20N2O3/c1-9(2)15-13(16)6-7-18-11-5-4-10(14)8-12(11)17-3/h4-5,8-9H,6-7,14H2,1-3H3,(H,15,16). The van der Waals surface area contributed by atoms with Crippen LogP contribution in [0.25, 0.3) is 0 Å². The number of rotatable bonds is 6. The number of amides is 1. The number of benzene rings is 1. The molecule has 0 heterocycles. The zero-order chi connectivity index (χ0) is 13.5. The van der Waals surface area contributed by atoms with Gasteiger partial charge in [-0.25, -0.2) is 0 Å². The third-order valence-electron chi connectivity index (χ3n) is 2.22. The maximum Gasteiger partial charge on any atom is 0.223 e. The van der Waals surface area contributed by atoms with Crippen molar-refractivity contribution >= 4 is 11.6 Å². The van der Waals surface area contributed by atoms with Crippen molar-refractivity contribution in [2.24, 2.45) is 0 Å². The Balaban J connectivity index is 2.46. The molecule has 100 valence electrons. The van der Waals surface area contributed by atoms with Gasteiger partial charge in [-0.05, 0) is 26.0 Å². The van der Waals surface area contributed by atoms with Gasteiger partial charge in [0.2, 0.25) is 5.91 Å². The van der Waals surface area contributed by atoms with Crippen molar-refractivity contribution in [3.8, 4) is 11.5 Å². The van der Waals surface area contributed by atoms with Crippen LogP contribution in [0.1, 0.15) is 20.3 Å². The van der Waals surface area contributed by atoms with Gasteiger partial charge < -0.3 is 20.5 Å². The quantitative estimate of drug-likeness (QED) is 0.754. The fourth-order valence-corrected chi connectivity index (χ4v) is 1.45. The van der Waals surface area contributed by atoms with Crippen molar-refractivity contribution in [1.29, 1.82) is 0 Å². The van der Waals surface area contributed by atoms with Crippen LogP contribution in [0, 0.1) is 0 Å². The Morgan fingerprint density at radius 3 is 2.72 bits per heavy atom. The smallest absolute Gasteiger partial charge is 0.223 e. The molecule has 1 rings (SSSR count). The van der Waals surface area contributed by atoms with Crippen LogP contribution in [0.3, 0.4) is 0 Å². The fraction of sp³-hybridized carbons (Fsp3) is 0.462. The van der Waals surface area contributed by atoms with Crippen molar-refractivity contribution in [2.75, 3.05) is 19.5 Å². The maximum atomic E-state index is 11.4. The Kier molecular flexibility index (Phi) is 5.30. The van der Waals surface area contributed by atoms with Crippen LogP contribution in [0.15, 0.2) is 18.2 Å². The van der Waals surface area contributed by atoms with Crippen molar-refractivity contribution in [2.45, 2.75) is 26.3 Å². The van der Waals surface area contributed by atoms with Gasteiger partial charge in [0.1, 0.15) is 0 Å². The fourth-order valence-electron chi connectivity index (χ4n) is 1.45. The van der Waals surface area contributed by atoms with Crippen molar-refractivity contribution in [3.05, 3.63) is 18.2 Å². The summed E-state index contributed by atoms with van der Waals surface area (Å²) in [6.45, 7) is 4.14. The number of carbonyl (C=O) groups excluding carboxylic acids is 1. The molecule has 0 unspecified atom stereocenters. The summed E-state index contributed by atoms with van der Waals surface area (Å²) >= 11 is 0. The third-order valence-corrected chi connectivity index (χ3v) is 2.22. The largest absolute Gasteiger partial charge is 0.493 e. The highest BCUT2D eigenvalue weighted by molar-refractivity contribution is 5.76. The number of carbonyl (C=O) groups is 1. The molecule has 0 saturated carbocycles. The monoisotopic (exact) mass is 252 g/mol. The molecule has 18 heavy (non-hydrogen) atoms. The summed E-state index contributed by atoms with van der Waals surface area (Å²) < 4.78 is 10.6. The average Bonchev–Trinajstić information content (AvgIpc) is 2.30. The molecule has 1 aromatic carbocycles. The molecule has 5 heteroatoms. The minimum atomic E-state index is -0.0283. The molecule has 0 atom stereocenters. The van der Waals surface area contributed by atoms with Crippen LogP contribution < -0.4 is 20.5 Å². The second kappa shape index (κ2) is 6.74. The molecule has 0 radical (unpaired) electrons. The lowest BCUT2D eigenvalue weighted by Crippen LogP contribution is -2.31. The van der Waals surface area contributed by atoms with E-state index in [1.165, 1.54) is 0 Å². The van der Waals surface area contributed by atoms with Crippen LogP contribution in [0.4, 0.5) is 5.69 Å². The number of ether oxygens (including phenoxy) is 2. The second-order valence-corrected chi connectivity index (χ2v) is 4.23. The number of nitrogens with two attached hydrogens (primary N) is 1. The molecule has 5 nitrogen and oxygen atoms in total. The molecule has 0 aliphatic rings. The van der Waals surface area contributed by atoms with Gasteiger partial charge in [0.15, 0.2) is 11.5 Å². The minimum absolute atomic E-state index is 0.0283. The van der Waals surface area contributed by atoms with E-state index in [1.54, 1.807) is 25.3 Å². The molecule has 0 aliphatic heterocycles. The van der Waals surface area contributed by atoms with Gasteiger partial charge in [0.25, 0.3) is 0 Å². The molecule has 0 aromatic heterocycles. The van der Waals surface area contributed by atoms with Crippen molar-refractivity contribution in [1.82, 2.24) is 5.32 Å². The molecule has 0 saturated heterocycles. The summed E-state index contributed by atoms with van der Waals surface area (Å²) in [4.78, 5) is 11.4. The van der Waals surface area contributed by atoms with E-state index in [-0.39, 0.29) is 11.9 Å². The topological polar surface area (TPSA) is 73.6 Å². The lowest BCUT2D eigenvalue weighted by atomic mass is 10.3. The lowest BCUT2D eigenvalue weighted by molar-refractivity contribution is -0.122. The highest BCUT2D eigenvalue weighted by Crippen LogP contribution is 2.28. The Morgan fingerprint density at radius 1 is 1.39 bits per heavy atom. The van der Waals surface area contributed by atoms with E-state index < -0.39 is 0 Å². The van der Waals surface area contributed by atoms with Gasteiger partial charge in [-0.1, -0.05) is 0 Å². The zero-order valence-electron chi connectivity index (χ0n) is 11.0. The Morgan fingerprint density at radius 2 is 2.11 bits per heavy atom. The van der Waals surface area contributed by atoms with Gasteiger partial charge in [0, 0.05) is 17.8 Å². The number of methoxy groups -OCH3 is 1. The summed E-state index contributed by atoms with van der Waals surface area (Å²) in [6, 6.07) is 5.29. The SMILES string of the molecule is COc1cc(N)ccc1OCCC(=O)NC(C)C. The number of hydrogen-bond acceptors (Lipinski definition) is 4. The summed E-state index contributed by atoms with van der Waals surface area (Å²) in [5, 5.41) is 2.80. The predicted octanol–water partition coefficient (Wildman–Crippen LogP) is 1.57. The first-order chi connectivity index (χ1) is 8.52. The first-order valence-electron chi connectivity index (χ1n) is 5.88. The maximum absolute atomic E-state index is 11.4. The average molecular weight is 252 g/mol. The Hall–Kier alpha value is -1.91. The van der Waals surface area contributed by atoms with Crippen LogP contribution in [0.5, 0.6) is 11.5 Å². The van der Waals surface area contributed by atoms with Crippen LogP contribution in [0.2, 0.25) is 0 Å². The molecule has 1 amide bonds. The van der Waals surface area contributed by atoms with E-state index in [1.807, 2.05) is 13.8 Å². The predicted molar refractivity (Wildman–Crippen MR) is 70.8 cm³/mol. The number of nitrogen functional groups attached to an aromatic ring is 1. The minimum Gasteiger partial charge on any atom is -0.493 e. The van der Waals surface area contributed by atoms with E-state index >= 15 is 0 Å². The van der Waals surface area contributed by atoms with Crippen LogP contribution in [-0.4, -0.2) is 25.7 Å². The molecule has 1 aromatic rings. The first kappa shape index (κ1) is 14.2. The van der Waals surface area contributed by atoms with Gasteiger partial charge in [0.05, 0.1) is 20.1 Å². The van der Waals surface area contributed by atoms with Crippen LogP contribution >= 0.6 is 0 Å². The van der Waals surface area contributed by atoms with E-state index in [4.69, 9.17) is 15.2 Å². The molecule has 3 N–H and O–H groups in total. The highest BCUT2D eigenvalue weighted by Gasteiger charge is 2.07. The summed E-state index contributed by atoms with van der Waals surface area (Å²) in [5.74, 6) is 1.13. The summed E-state index contributed by atoms with van der Waals surface area (Å²) in [7, 11) is 1.55. The Labute approximate surface area is 107 Å². The van der Waals surface area contributed by atoms with Gasteiger partial charge in [-0.15, -0.1) is 0 Å². The van der Waals surface area contributed by atoms with Gasteiger partial charge in [-0.3, -0.25) is 4.79 Å². The zero-order valence-corrected chi connectivity index (χ0v) is 11.0. The second-order valence-electron chi connectivity index (χ2n) is 4.23. The molecule has 0 aliphatic carbocycles. The molecule has 0 spiro atoms. The molecule has 0 bridgehead atoms. The van der Waals surface area contributed by atoms with Crippen molar-refractivity contribution in [3.63, 3.8) is 0 Å². The highest BCUT2D eigenvalue weighted by atomic mass is 16.5. The number of hydrogen-bond donors (Lipinski definition) is 2. The van der Waals surface area contributed by atoms with Gasteiger partial charge >= 0.3 is 0 Å². The van der Waals surface area contributed by atoms with Crippen molar-refractivity contribution < 1.29 is 14.3 Å². The summed E-state index contributed by atoms with van der Waals surface area (Å²) in [5.41, 5.74) is 6.24. The Bertz CT molecular complexity index is 405. The van der Waals surface area contributed by atoms with Crippen LogP contribution in [-0.2, 0) is 4.79 Å². The van der Waals surface area contributed by atoms with E-state index in [9.17, 15) is 4.79 Å². The van der Waals surface area contributed by atoms with Gasteiger partial charge in [-0.2, -0.15) is 0 Å². The number of nitrogens with one attached hydrogen (secondary N) is 1. The van der Waals surface area contributed by atoms with E-state index in [0.717, 1.165) is 0 Å². The third kappa shape index (κ3) is 4.53. The lowest BCUT2D eigenvalue weighted by Gasteiger charge is -2.12. The summed E-state index contributed by atoms with van der Waals surface area (Å²) in [6.07, 6.45) is 0.311.